The Labute approximate surface area is 136 Å². The van der Waals surface area contributed by atoms with Gasteiger partial charge in [-0.2, -0.15) is 0 Å². The molecule has 0 saturated carbocycles. The number of anilines is 1. The number of carbonyl (C=O) groups is 1. The molecule has 1 amide bonds. The van der Waals surface area contributed by atoms with Crippen LogP contribution in [0.2, 0.25) is 15.1 Å². The van der Waals surface area contributed by atoms with Crippen LogP contribution in [-0.2, 0) is 0 Å². The standard InChI is InChI=1S/C13H10Cl3N3O2/c1-21-13-8(3-2-4-17-13)12(20)19-18-11-9(15)5-7(14)6-10(11)16/h2-6,18H,1H3,(H,19,20). The summed E-state index contributed by atoms with van der Waals surface area (Å²) in [6, 6.07) is 6.22. The highest BCUT2D eigenvalue weighted by atomic mass is 35.5. The Morgan fingerprint density at radius 3 is 2.52 bits per heavy atom. The van der Waals surface area contributed by atoms with Crippen LogP contribution < -0.4 is 15.6 Å². The maximum Gasteiger partial charge on any atom is 0.275 e. The fourth-order valence-corrected chi connectivity index (χ4v) is 2.49. The number of aromatic nitrogens is 1. The molecular formula is C13H10Cl3N3O2. The number of halogens is 3. The number of hydrogen-bond donors (Lipinski definition) is 2. The van der Waals surface area contributed by atoms with Crippen molar-refractivity contribution in [1.29, 1.82) is 0 Å². The molecule has 1 aromatic heterocycles. The van der Waals surface area contributed by atoms with Crippen molar-refractivity contribution in [3.8, 4) is 5.88 Å². The first kappa shape index (κ1) is 15.7. The molecule has 0 atom stereocenters. The van der Waals surface area contributed by atoms with Gasteiger partial charge in [-0.15, -0.1) is 0 Å². The lowest BCUT2D eigenvalue weighted by Crippen LogP contribution is -2.30. The third kappa shape index (κ3) is 3.69. The smallest absolute Gasteiger partial charge is 0.275 e. The molecule has 2 rings (SSSR count). The van der Waals surface area contributed by atoms with Crippen LogP contribution >= 0.6 is 34.8 Å². The number of methoxy groups -OCH3 is 1. The first-order chi connectivity index (χ1) is 10.0. The van der Waals surface area contributed by atoms with Crippen molar-refractivity contribution in [3.05, 3.63) is 51.1 Å². The van der Waals surface area contributed by atoms with E-state index in [2.05, 4.69) is 15.8 Å². The highest BCUT2D eigenvalue weighted by Gasteiger charge is 2.14. The summed E-state index contributed by atoms with van der Waals surface area (Å²) in [5, 5.41) is 0.965. The monoisotopic (exact) mass is 345 g/mol. The first-order valence-corrected chi connectivity index (χ1v) is 6.86. The number of amides is 1. The zero-order valence-corrected chi connectivity index (χ0v) is 13.1. The van der Waals surface area contributed by atoms with Crippen LogP contribution in [0.1, 0.15) is 10.4 Å². The molecule has 1 aromatic carbocycles. The Balaban J connectivity index is 2.15. The van der Waals surface area contributed by atoms with Crippen molar-refractivity contribution in [2.45, 2.75) is 0 Å². The Kier molecular flexibility index (Phi) is 5.12. The van der Waals surface area contributed by atoms with Gasteiger partial charge in [0.1, 0.15) is 5.56 Å². The van der Waals surface area contributed by atoms with Crippen LogP contribution in [0.25, 0.3) is 0 Å². The van der Waals surface area contributed by atoms with Crippen molar-refractivity contribution in [3.63, 3.8) is 0 Å². The molecule has 0 unspecified atom stereocenters. The Morgan fingerprint density at radius 1 is 1.24 bits per heavy atom. The van der Waals surface area contributed by atoms with Gasteiger partial charge in [-0.1, -0.05) is 34.8 Å². The van der Waals surface area contributed by atoms with E-state index < -0.39 is 5.91 Å². The number of nitrogens with one attached hydrogen (secondary N) is 2. The number of nitrogens with zero attached hydrogens (tertiary/aromatic N) is 1. The molecule has 2 N–H and O–H groups in total. The molecule has 5 nitrogen and oxygen atoms in total. The second-order valence-corrected chi connectivity index (χ2v) is 5.13. The normalized spacial score (nSPS) is 10.1. The van der Waals surface area contributed by atoms with Crippen LogP contribution in [-0.4, -0.2) is 18.0 Å². The van der Waals surface area contributed by atoms with Crippen molar-refractivity contribution >= 4 is 46.4 Å². The number of ether oxygens (including phenoxy) is 1. The van der Waals surface area contributed by atoms with Crippen LogP contribution in [0.4, 0.5) is 5.69 Å². The lowest BCUT2D eigenvalue weighted by molar-refractivity contribution is 0.0959. The van der Waals surface area contributed by atoms with E-state index in [1.807, 2.05) is 0 Å². The zero-order chi connectivity index (χ0) is 15.4. The number of pyridine rings is 1. The number of carbonyl (C=O) groups excluding carboxylic acids is 1. The summed E-state index contributed by atoms with van der Waals surface area (Å²) in [5.41, 5.74) is 5.74. The Bertz CT molecular complexity index is 656. The predicted octanol–water partition coefficient (Wildman–Crippen LogP) is 3.81. The van der Waals surface area contributed by atoms with E-state index in [0.717, 1.165) is 0 Å². The maximum atomic E-state index is 12.1. The summed E-state index contributed by atoms with van der Waals surface area (Å²) >= 11 is 17.8. The van der Waals surface area contributed by atoms with Gasteiger partial charge < -0.3 is 4.74 Å². The van der Waals surface area contributed by atoms with Crippen molar-refractivity contribution in [1.82, 2.24) is 10.4 Å². The largest absolute Gasteiger partial charge is 0.480 e. The highest BCUT2D eigenvalue weighted by Crippen LogP contribution is 2.33. The molecule has 0 aliphatic carbocycles. The van der Waals surface area contributed by atoms with Gasteiger partial charge in [0.2, 0.25) is 5.88 Å². The van der Waals surface area contributed by atoms with Gasteiger partial charge in [0, 0.05) is 11.2 Å². The molecule has 0 bridgehead atoms. The molecule has 0 fully saturated rings. The van der Waals surface area contributed by atoms with Crippen LogP contribution in [0.5, 0.6) is 5.88 Å². The molecule has 1 heterocycles. The van der Waals surface area contributed by atoms with Gasteiger partial charge in [0.15, 0.2) is 0 Å². The summed E-state index contributed by atoms with van der Waals surface area (Å²) in [5.74, 6) is -0.230. The highest BCUT2D eigenvalue weighted by molar-refractivity contribution is 6.41. The molecule has 0 spiro atoms. The minimum atomic E-state index is -0.443. The molecule has 0 aliphatic heterocycles. The summed E-state index contributed by atoms with van der Waals surface area (Å²) in [7, 11) is 1.43. The average molecular weight is 347 g/mol. The van der Waals surface area contributed by atoms with Crippen LogP contribution in [0.3, 0.4) is 0 Å². The SMILES string of the molecule is COc1ncccc1C(=O)NNc1c(Cl)cc(Cl)cc1Cl. The van der Waals surface area contributed by atoms with Crippen LogP contribution in [0, 0.1) is 0 Å². The number of benzene rings is 1. The first-order valence-electron chi connectivity index (χ1n) is 5.73. The van der Waals surface area contributed by atoms with Gasteiger partial charge in [0.25, 0.3) is 5.91 Å². The molecular weight excluding hydrogens is 337 g/mol. The summed E-state index contributed by atoms with van der Waals surface area (Å²) in [6.45, 7) is 0. The third-order valence-corrected chi connectivity index (χ3v) is 3.33. The van der Waals surface area contributed by atoms with Gasteiger partial charge in [-0.3, -0.25) is 15.6 Å². The minimum absolute atomic E-state index is 0.213. The van der Waals surface area contributed by atoms with Gasteiger partial charge in [0.05, 0.1) is 22.8 Å². The predicted molar refractivity (Wildman–Crippen MR) is 83.3 cm³/mol. The van der Waals surface area contributed by atoms with E-state index in [0.29, 0.717) is 10.7 Å². The Morgan fingerprint density at radius 2 is 1.90 bits per heavy atom. The van der Waals surface area contributed by atoms with Gasteiger partial charge in [-0.05, 0) is 24.3 Å². The van der Waals surface area contributed by atoms with Crippen molar-refractivity contribution in [2.24, 2.45) is 0 Å². The van der Waals surface area contributed by atoms with E-state index in [4.69, 9.17) is 39.5 Å². The number of hydrogen-bond acceptors (Lipinski definition) is 4. The molecule has 0 radical (unpaired) electrons. The topological polar surface area (TPSA) is 63.2 Å². The van der Waals surface area contributed by atoms with Crippen molar-refractivity contribution < 1.29 is 9.53 Å². The molecule has 110 valence electrons. The maximum absolute atomic E-state index is 12.1. The minimum Gasteiger partial charge on any atom is -0.480 e. The number of rotatable bonds is 4. The summed E-state index contributed by atoms with van der Waals surface area (Å²) < 4.78 is 5.01. The summed E-state index contributed by atoms with van der Waals surface area (Å²) in [4.78, 5) is 16.0. The fraction of sp³-hybridized carbons (Fsp3) is 0.0769. The lowest BCUT2D eigenvalue weighted by atomic mass is 10.2. The van der Waals surface area contributed by atoms with E-state index in [1.165, 1.54) is 25.4 Å². The van der Waals surface area contributed by atoms with E-state index in [1.54, 1.807) is 12.1 Å². The van der Waals surface area contributed by atoms with Crippen molar-refractivity contribution in [2.75, 3.05) is 12.5 Å². The van der Waals surface area contributed by atoms with Crippen LogP contribution in [0.15, 0.2) is 30.5 Å². The third-order valence-electron chi connectivity index (χ3n) is 2.52. The molecule has 0 saturated heterocycles. The van der Waals surface area contributed by atoms with E-state index in [-0.39, 0.29) is 21.5 Å². The molecule has 8 heteroatoms. The van der Waals surface area contributed by atoms with Gasteiger partial charge >= 0.3 is 0 Å². The quantitative estimate of drug-likeness (QED) is 0.826. The second-order valence-electron chi connectivity index (χ2n) is 3.88. The average Bonchev–Trinajstić information content (AvgIpc) is 2.45. The lowest BCUT2D eigenvalue weighted by Gasteiger charge is -2.13. The Hall–Kier alpha value is -1.69. The van der Waals surface area contributed by atoms with Gasteiger partial charge in [-0.25, -0.2) is 4.98 Å². The summed E-state index contributed by atoms with van der Waals surface area (Å²) in [6.07, 6.45) is 1.52. The molecule has 21 heavy (non-hydrogen) atoms. The second kappa shape index (κ2) is 6.85. The zero-order valence-electron chi connectivity index (χ0n) is 10.8. The fourth-order valence-electron chi connectivity index (χ4n) is 1.57. The van der Waals surface area contributed by atoms with E-state index >= 15 is 0 Å². The molecule has 2 aromatic rings. The van der Waals surface area contributed by atoms with E-state index in [9.17, 15) is 4.79 Å². The molecule has 0 aliphatic rings. The number of hydrazine groups is 1.